The van der Waals surface area contributed by atoms with Gasteiger partial charge in [0.1, 0.15) is 0 Å². The van der Waals surface area contributed by atoms with E-state index in [1.165, 1.54) is 103 Å². The topological polar surface area (TPSA) is 37.4 Å². The predicted molar refractivity (Wildman–Crippen MR) is 170 cm³/mol. The van der Waals surface area contributed by atoms with Gasteiger partial charge in [0.15, 0.2) is 0 Å². The molecule has 39 heavy (non-hydrogen) atoms. The lowest BCUT2D eigenvalue weighted by Crippen LogP contribution is -2.47. The van der Waals surface area contributed by atoms with Gasteiger partial charge < -0.3 is 0 Å². The first-order valence-corrected chi connectivity index (χ1v) is 17.0. The normalized spacial score (nSPS) is 13.3. The van der Waals surface area contributed by atoms with E-state index in [4.69, 9.17) is 0 Å². The number of nitrogens with zero attached hydrogens (tertiary/aromatic N) is 1. The minimum atomic E-state index is -0.104. The van der Waals surface area contributed by atoms with Crippen LogP contribution in [0.3, 0.4) is 0 Å². The van der Waals surface area contributed by atoms with E-state index < -0.39 is 0 Å². The van der Waals surface area contributed by atoms with Gasteiger partial charge in [0.05, 0.1) is 0 Å². The predicted octanol–water partition coefficient (Wildman–Crippen LogP) is 11.4. The van der Waals surface area contributed by atoms with Gasteiger partial charge in [0, 0.05) is 27.0 Å². The molecule has 1 aliphatic heterocycles. The Bertz CT molecular complexity index is 988. The fraction of sp³-hybridized carbons (Fsp3) is 0.657. The first-order valence-electron chi connectivity index (χ1n) is 16.2. The van der Waals surface area contributed by atoms with Crippen molar-refractivity contribution >= 4 is 38.5 Å². The Labute approximate surface area is 246 Å². The highest BCUT2D eigenvalue weighted by atomic mass is 79.9. The van der Waals surface area contributed by atoms with Crippen LogP contribution < -0.4 is 0 Å². The third-order valence-corrected chi connectivity index (χ3v) is 9.22. The molecular formula is C35H52BrNO2. The highest BCUT2D eigenvalue weighted by molar-refractivity contribution is 9.10. The minimum absolute atomic E-state index is 0.00818. The molecule has 0 bridgehead atoms. The Morgan fingerprint density at radius 3 is 1.51 bits per heavy atom. The molecule has 0 saturated heterocycles. The number of amides is 2. The lowest BCUT2D eigenvalue weighted by molar-refractivity contribution is 0.0517. The SMILES string of the molecule is CCCCCCCCCCCC(CCCCCCCCCCC)N1C(=O)c2cccc3c(Br)ccc(c23)C1=O. The van der Waals surface area contributed by atoms with Crippen LogP contribution in [0.4, 0.5) is 0 Å². The Morgan fingerprint density at radius 1 is 0.590 bits per heavy atom. The van der Waals surface area contributed by atoms with Gasteiger partial charge in [-0.3, -0.25) is 14.5 Å². The molecule has 0 saturated carbocycles. The van der Waals surface area contributed by atoms with Crippen molar-refractivity contribution in [3.63, 3.8) is 0 Å². The van der Waals surface area contributed by atoms with Crippen LogP contribution >= 0.6 is 15.9 Å². The lowest BCUT2D eigenvalue weighted by Gasteiger charge is -2.34. The minimum Gasteiger partial charge on any atom is -0.271 e. The smallest absolute Gasteiger partial charge is 0.261 e. The molecule has 0 fully saturated rings. The van der Waals surface area contributed by atoms with Gasteiger partial charge in [-0.25, -0.2) is 0 Å². The zero-order valence-corrected chi connectivity index (χ0v) is 26.3. The maximum absolute atomic E-state index is 13.8. The Morgan fingerprint density at radius 2 is 1.03 bits per heavy atom. The van der Waals surface area contributed by atoms with Crippen LogP contribution in [0.2, 0.25) is 0 Å². The first kappa shape index (κ1) is 31.8. The second-order valence-electron chi connectivity index (χ2n) is 11.7. The van der Waals surface area contributed by atoms with E-state index in [1.54, 1.807) is 4.90 Å². The van der Waals surface area contributed by atoms with E-state index in [0.717, 1.165) is 40.9 Å². The third kappa shape index (κ3) is 9.44. The largest absolute Gasteiger partial charge is 0.271 e. The average Bonchev–Trinajstić information content (AvgIpc) is 2.94. The number of carbonyl (C=O) groups excluding carboxylic acids is 2. The van der Waals surface area contributed by atoms with Gasteiger partial charge in [-0.15, -0.1) is 0 Å². The van der Waals surface area contributed by atoms with Crippen LogP contribution in [-0.4, -0.2) is 22.8 Å². The van der Waals surface area contributed by atoms with Crippen molar-refractivity contribution in [1.82, 2.24) is 4.90 Å². The van der Waals surface area contributed by atoms with Crippen molar-refractivity contribution in [2.24, 2.45) is 0 Å². The van der Waals surface area contributed by atoms with E-state index in [1.807, 2.05) is 30.3 Å². The summed E-state index contributed by atoms with van der Waals surface area (Å²) in [7, 11) is 0. The molecule has 0 aliphatic carbocycles. The average molecular weight is 599 g/mol. The van der Waals surface area contributed by atoms with Crippen LogP contribution in [0.15, 0.2) is 34.8 Å². The number of unbranched alkanes of at least 4 members (excludes halogenated alkanes) is 16. The quantitative estimate of drug-likeness (QED) is 0.106. The first-order chi connectivity index (χ1) is 19.1. The van der Waals surface area contributed by atoms with Crippen molar-refractivity contribution in [2.75, 3.05) is 0 Å². The molecule has 1 heterocycles. The van der Waals surface area contributed by atoms with Crippen LogP contribution in [0.5, 0.6) is 0 Å². The van der Waals surface area contributed by atoms with E-state index in [9.17, 15) is 9.59 Å². The number of benzene rings is 2. The van der Waals surface area contributed by atoms with E-state index in [0.29, 0.717) is 11.1 Å². The molecule has 2 aromatic rings. The maximum Gasteiger partial charge on any atom is 0.261 e. The summed E-state index contributed by atoms with van der Waals surface area (Å²) in [5.74, 6) is -0.207. The molecule has 0 radical (unpaired) electrons. The van der Waals surface area contributed by atoms with Crippen LogP contribution in [0.1, 0.15) is 163 Å². The summed E-state index contributed by atoms with van der Waals surface area (Å²) >= 11 is 3.61. The zero-order valence-electron chi connectivity index (χ0n) is 24.7. The molecule has 2 aromatic carbocycles. The molecule has 0 spiro atoms. The van der Waals surface area contributed by atoms with E-state index in [-0.39, 0.29) is 17.9 Å². The summed E-state index contributed by atoms with van der Waals surface area (Å²) in [6.45, 7) is 4.53. The van der Waals surface area contributed by atoms with E-state index >= 15 is 0 Å². The van der Waals surface area contributed by atoms with Crippen molar-refractivity contribution in [1.29, 1.82) is 0 Å². The summed E-state index contributed by atoms with van der Waals surface area (Å²) in [4.78, 5) is 29.2. The summed E-state index contributed by atoms with van der Waals surface area (Å²) in [6.07, 6.45) is 24.9. The highest BCUT2D eigenvalue weighted by Crippen LogP contribution is 2.36. The van der Waals surface area contributed by atoms with Gasteiger partial charge >= 0.3 is 0 Å². The molecule has 0 atom stereocenters. The van der Waals surface area contributed by atoms with Gasteiger partial charge in [0.2, 0.25) is 0 Å². The molecular weight excluding hydrogens is 546 g/mol. The Hall–Kier alpha value is -1.68. The lowest BCUT2D eigenvalue weighted by atomic mass is 9.91. The van der Waals surface area contributed by atoms with Crippen LogP contribution in [-0.2, 0) is 0 Å². The number of hydrogen-bond donors (Lipinski definition) is 0. The van der Waals surface area contributed by atoms with Crippen LogP contribution in [0, 0.1) is 0 Å². The zero-order chi connectivity index (χ0) is 27.9. The standard InChI is InChI=1S/C35H52BrNO2/c1-3-5-7-9-11-13-15-17-19-22-28(23-20-18-16-14-12-10-8-6-4-2)37-34(38)30-25-21-24-29-32(36)27-26-31(33(29)30)35(37)39/h21,24-28H,3-20,22-23H2,1-2H3. The second-order valence-corrected chi connectivity index (χ2v) is 12.5. The Kier molecular flexibility index (Phi) is 14.6. The molecule has 0 aromatic heterocycles. The molecule has 3 rings (SSSR count). The molecule has 3 nitrogen and oxygen atoms in total. The number of rotatable bonds is 21. The monoisotopic (exact) mass is 597 g/mol. The molecule has 1 aliphatic rings. The second kappa shape index (κ2) is 17.9. The molecule has 2 amide bonds. The maximum atomic E-state index is 13.8. The van der Waals surface area contributed by atoms with Crippen molar-refractivity contribution in [2.45, 2.75) is 148 Å². The highest BCUT2D eigenvalue weighted by Gasteiger charge is 2.37. The van der Waals surface area contributed by atoms with Gasteiger partial charge in [-0.1, -0.05) is 157 Å². The fourth-order valence-electron chi connectivity index (χ4n) is 6.19. The van der Waals surface area contributed by atoms with Crippen LogP contribution in [0.25, 0.3) is 10.8 Å². The molecule has 0 unspecified atom stereocenters. The Balaban J connectivity index is 1.59. The van der Waals surface area contributed by atoms with Crippen molar-refractivity contribution in [3.05, 3.63) is 45.9 Å². The summed E-state index contributed by atoms with van der Waals surface area (Å²) in [5.41, 5.74) is 1.35. The number of carbonyl (C=O) groups is 2. The van der Waals surface area contributed by atoms with Crippen molar-refractivity contribution < 1.29 is 9.59 Å². The van der Waals surface area contributed by atoms with Crippen molar-refractivity contribution in [3.8, 4) is 0 Å². The summed E-state index contributed by atoms with van der Waals surface area (Å²) in [5, 5.41) is 1.75. The van der Waals surface area contributed by atoms with Gasteiger partial charge in [-0.05, 0) is 36.4 Å². The third-order valence-electron chi connectivity index (χ3n) is 8.53. The summed E-state index contributed by atoms with van der Waals surface area (Å²) in [6, 6.07) is 9.66. The number of imide groups is 1. The summed E-state index contributed by atoms with van der Waals surface area (Å²) < 4.78 is 0.929. The van der Waals surface area contributed by atoms with Gasteiger partial charge in [0.25, 0.3) is 11.8 Å². The fourth-order valence-corrected chi connectivity index (χ4v) is 6.66. The van der Waals surface area contributed by atoms with E-state index in [2.05, 4.69) is 29.8 Å². The molecule has 0 N–H and O–H groups in total. The number of hydrogen-bond acceptors (Lipinski definition) is 2. The molecule has 216 valence electrons. The number of halogens is 1. The van der Waals surface area contributed by atoms with Gasteiger partial charge in [-0.2, -0.15) is 0 Å². The molecule has 4 heteroatoms.